The van der Waals surface area contributed by atoms with Crippen molar-refractivity contribution in [1.29, 1.82) is 0 Å². The number of benzene rings is 2. The quantitative estimate of drug-likeness (QED) is 0.103. The van der Waals surface area contributed by atoms with Crippen LogP contribution in [0.2, 0.25) is 0 Å². The first-order valence-electron chi connectivity index (χ1n) is 27.3. The predicted octanol–water partition coefficient (Wildman–Crippen LogP) is 8.33. The lowest BCUT2D eigenvalue weighted by molar-refractivity contribution is -0.304. The molecule has 12 atom stereocenters. The number of halogens is 3. The molecular formula is C58H80F3N7O8. The van der Waals surface area contributed by atoms with E-state index in [1.165, 1.54) is 31.4 Å². The summed E-state index contributed by atoms with van der Waals surface area (Å²) in [7, 11) is 3.48. The van der Waals surface area contributed by atoms with Crippen LogP contribution >= 0.6 is 0 Å². The highest BCUT2D eigenvalue weighted by Gasteiger charge is 2.47. The average molecular weight is 1060 g/mol. The summed E-state index contributed by atoms with van der Waals surface area (Å²) in [5.74, 6) is -2.81. The number of hydrogen-bond donors (Lipinski definition) is 3. The molecule has 416 valence electrons. The van der Waals surface area contributed by atoms with Crippen molar-refractivity contribution in [1.82, 2.24) is 34.7 Å². The molecule has 0 bridgehead atoms. The molecule has 2 aromatic carbocycles. The van der Waals surface area contributed by atoms with Gasteiger partial charge in [-0.15, -0.1) is 5.10 Å². The van der Waals surface area contributed by atoms with Crippen LogP contribution in [0, 0.1) is 23.7 Å². The lowest BCUT2D eigenvalue weighted by Crippen LogP contribution is -2.63. The fraction of sp³-hybridized carbons (Fsp3) is 0.603. The summed E-state index contributed by atoms with van der Waals surface area (Å²) in [6.07, 6.45) is 3.72. The maximum absolute atomic E-state index is 14.3. The number of aliphatic hydroxyl groups is 3. The normalized spacial score (nSPS) is 30.4. The van der Waals surface area contributed by atoms with E-state index >= 15 is 0 Å². The van der Waals surface area contributed by atoms with Gasteiger partial charge in [0.1, 0.15) is 12.2 Å². The molecule has 15 nitrogen and oxygen atoms in total. The summed E-state index contributed by atoms with van der Waals surface area (Å²) in [5, 5.41) is 45.1. The molecule has 0 amide bonds. The van der Waals surface area contributed by atoms with Crippen molar-refractivity contribution < 1.29 is 52.3 Å². The lowest BCUT2D eigenvalue weighted by atomic mass is 9.79. The van der Waals surface area contributed by atoms with Crippen LogP contribution in [0.15, 0.2) is 90.8 Å². The number of carbonyl (C=O) groups excluding carboxylic acids is 2. The van der Waals surface area contributed by atoms with Crippen LogP contribution in [0.5, 0.6) is 0 Å². The highest BCUT2D eigenvalue weighted by molar-refractivity contribution is 5.91. The minimum Gasteiger partial charge on any atom is -0.462 e. The smallest absolute Gasteiger partial charge is 0.416 e. The van der Waals surface area contributed by atoms with Gasteiger partial charge in [-0.05, 0) is 122 Å². The number of ketones is 1. The first-order chi connectivity index (χ1) is 36.3. The Kier molecular flexibility index (Phi) is 21.0. The Morgan fingerprint density at radius 3 is 2.32 bits per heavy atom. The molecule has 2 aromatic heterocycles. The van der Waals surface area contributed by atoms with Crippen LogP contribution in [0.3, 0.4) is 0 Å². The van der Waals surface area contributed by atoms with Crippen molar-refractivity contribution in [2.45, 2.75) is 161 Å². The number of likely N-dealkylation sites (tertiary alicyclic amines) is 1. The average Bonchev–Trinajstić information content (AvgIpc) is 3.85. The molecule has 3 aliphatic heterocycles. The van der Waals surface area contributed by atoms with Crippen LogP contribution in [0.25, 0.3) is 16.6 Å². The van der Waals surface area contributed by atoms with E-state index in [0.717, 1.165) is 54.5 Å². The standard InChI is InChI=1S/C58H80F3N7O8/c1-8-51-44(34-66-25-14-10-9-11-15-26-66)28-37(2)18-23-49(69)38(3)29-43(56(39(4)50(70)31-52(71)75-51)76-57-55(73)53(65(6)7)54(72)40(5)74-57)24-27-67(33-41-19-21-45(22-20-41)58(59,60)61)35-46-36-68(64-63-46)47-30-42-16-12-13-17-48(42)62-32-47/h12-13,16-23,28,30,32,36,38-40,43-44,50-51,53-57,70,72-73H,8-11,14-15,24-27,29,31,33-35H2,1-7H3/b23-18+,37-28+/t38-,39+,40-,43+,44-,50-,51-,53+,54-,55-,56-,57+/m1/s1. The van der Waals surface area contributed by atoms with Crippen LogP contribution in [0.1, 0.15) is 109 Å². The van der Waals surface area contributed by atoms with Crippen LogP contribution < -0.4 is 0 Å². The number of ether oxygens (including phenoxy) is 3. The van der Waals surface area contributed by atoms with Gasteiger partial charge in [0.25, 0.3) is 0 Å². The maximum Gasteiger partial charge on any atom is 0.416 e. The molecule has 5 heterocycles. The van der Waals surface area contributed by atoms with Crippen molar-refractivity contribution in [3.8, 4) is 5.69 Å². The van der Waals surface area contributed by atoms with Crippen LogP contribution in [0.4, 0.5) is 13.2 Å². The molecule has 2 fully saturated rings. The number of fused-ring (bicyclic) bond motifs is 1. The Labute approximate surface area is 446 Å². The number of aliphatic hydroxyl groups excluding tert-OH is 3. The highest BCUT2D eigenvalue weighted by atomic mass is 19.4. The number of rotatable bonds is 14. The van der Waals surface area contributed by atoms with E-state index in [1.807, 2.05) is 62.1 Å². The number of pyridine rings is 1. The number of aromatic nitrogens is 4. The molecule has 3 aliphatic rings. The first kappa shape index (κ1) is 58.8. The SMILES string of the molecule is CC[C@H]1OC(=O)C[C@@H](O)[C@H](C)[C@@H](O[C@@H]2O[C@H](C)[C@@H](O)[C@H](N(C)C)[C@H]2O)[C@@H](CCN(Cc2ccc(C(F)(F)F)cc2)Cc2cn(-c3cnc4ccccc4c3)nn2)C[C@@H](C)C(=O)/C=C/C(C)=C/[C@@H]1CN1CCCCCCC1. The fourth-order valence-electron chi connectivity index (χ4n) is 11.2. The summed E-state index contributed by atoms with van der Waals surface area (Å²) in [6.45, 7) is 12.5. The minimum absolute atomic E-state index is 0.129. The van der Waals surface area contributed by atoms with Crippen molar-refractivity contribution >= 4 is 22.7 Å². The van der Waals surface area contributed by atoms with Gasteiger partial charge in [0.2, 0.25) is 0 Å². The summed E-state index contributed by atoms with van der Waals surface area (Å²) in [6, 6.07) is 13.9. The third-order valence-corrected chi connectivity index (χ3v) is 15.6. The zero-order chi connectivity index (χ0) is 54.7. The van der Waals surface area contributed by atoms with Gasteiger partial charge in [0.15, 0.2) is 12.1 Å². The molecule has 3 N–H and O–H groups in total. The highest BCUT2D eigenvalue weighted by Crippen LogP contribution is 2.36. The number of likely N-dealkylation sites (N-methyl/N-ethyl adjacent to an activating group) is 1. The van der Waals surface area contributed by atoms with Gasteiger partial charge in [-0.3, -0.25) is 19.5 Å². The molecule has 0 radical (unpaired) electrons. The molecule has 0 unspecified atom stereocenters. The molecular weight excluding hydrogens is 980 g/mol. The van der Waals surface area contributed by atoms with Crippen molar-refractivity contribution in [3.63, 3.8) is 0 Å². The number of allylic oxidation sites excluding steroid dienone is 3. The Morgan fingerprint density at radius 2 is 1.62 bits per heavy atom. The van der Waals surface area contributed by atoms with E-state index in [2.05, 4.69) is 26.3 Å². The molecule has 0 spiro atoms. The number of esters is 1. The largest absolute Gasteiger partial charge is 0.462 e. The van der Waals surface area contributed by atoms with E-state index < -0.39 is 84.4 Å². The Bertz CT molecular complexity index is 2550. The zero-order valence-corrected chi connectivity index (χ0v) is 45.3. The van der Waals surface area contributed by atoms with Gasteiger partial charge < -0.3 is 39.3 Å². The van der Waals surface area contributed by atoms with E-state index in [4.69, 9.17) is 14.2 Å². The van der Waals surface area contributed by atoms with Gasteiger partial charge in [0, 0.05) is 42.8 Å². The number of alkyl halides is 3. The second-order valence-corrected chi connectivity index (χ2v) is 21.8. The molecule has 76 heavy (non-hydrogen) atoms. The zero-order valence-electron chi connectivity index (χ0n) is 45.3. The van der Waals surface area contributed by atoms with E-state index in [-0.39, 0.29) is 37.6 Å². The van der Waals surface area contributed by atoms with Crippen LogP contribution in [-0.4, -0.2) is 151 Å². The van der Waals surface area contributed by atoms with E-state index in [1.54, 1.807) is 56.0 Å². The first-order valence-corrected chi connectivity index (χ1v) is 27.3. The van der Waals surface area contributed by atoms with Crippen molar-refractivity contribution in [3.05, 3.63) is 108 Å². The predicted molar refractivity (Wildman–Crippen MR) is 284 cm³/mol. The second kappa shape index (κ2) is 27.1. The van der Waals surface area contributed by atoms with E-state index in [9.17, 15) is 38.1 Å². The van der Waals surface area contributed by atoms with Gasteiger partial charge in [0.05, 0.1) is 71.7 Å². The summed E-state index contributed by atoms with van der Waals surface area (Å²) < 4.78 is 62.3. The summed E-state index contributed by atoms with van der Waals surface area (Å²) in [5.41, 5.74) is 2.78. The molecule has 0 saturated carbocycles. The molecule has 18 heteroatoms. The Morgan fingerprint density at radius 1 is 0.908 bits per heavy atom. The molecule has 0 aliphatic carbocycles. The number of nitrogens with zero attached hydrogens (tertiary/aromatic N) is 7. The topological polar surface area (TPSA) is 176 Å². The van der Waals surface area contributed by atoms with Gasteiger partial charge >= 0.3 is 12.1 Å². The van der Waals surface area contributed by atoms with E-state index in [0.29, 0.717) is 42.9 Å². The Hall–Kier alpha value is -4.92. The number of hydrogen-bond acceptors (Lipinski definition) is 14. The van der Waals surface area contributed by atoms with Crippen molar-refractivity contribution in [2.24, 2.45) is 23.7 Å². The van der Waals surface area contributed by atoms with Gasteiger partial charge in [-0.25, -0.2) is 4.68 Å². The summed E-state index contributed by atoms with van der Waals surface area (Å²) >= 11 is 0. The van der Waals surface area contributed by atoms with Gasteiger partial charge in [-0.1, -0.05) is 93.3 Å². The third-order valence-electron chi connectivity index (χ3n) is 15.6. The number of para-hydroxylation sites is 1. The molecule has 7 rings (SSSR count). The maximum atomic E-state index is 14.3. The monoisotopic (exact) mass is 1060 g/mol. The molecule has 2 saturated heterocycles. The van der Waals surface area contributed by atoms with Gasteiger partial charge in [-0.2, -0.15) is 13.2 Å². The number of cyclic esters (lactones) is 1. The Balaban J connectivity index is 1.24. The van der Waals surface area contributed by atoms with Crippen molar-refractivity contribution in [2.75, 3.05) is 40.3 Å². The summed E-state index contributed by atoms with van der Waals surface area (Å²) in [4.78, 5) is 39.2. The third kappa shape index (κ3) is 15.9. The number of carbonyl (C=O) groups is 2. The second-order valence-electron chi connectivity index (χ2n) is 21.8. The fourth-order valence-corrected chi connectivity index (χ4v) is 11.2. The minimum atomic E-state index is -4.52. The lowest BCUT2D eigenvalue weighted by Gasteiger charge is -2.46. The van der Waals surface area contributed by atoms with Crippen LogP contribution in [-0.2, 0) is 43.1 Å². The molecule has 4 aromatic rings.